The lowest BCUT2D eigenvalue weighted by atomic mass is 10.2. The van der Waals surface area contributed by atoms with Crippen molar-refractivity contribution in [1.29, 1.82) is 0 Å². The number of anilines is 2. The summed E-state index contributed by atoms with van der Waals surface area (Å²) in [6.07, 6.45) is -0.130. The summed E-state index contributed by atoms with van der Waals surface area (Å²) in [4.78, 5) is 24.2. The smallest absolute Gasteiger partial charge is 0.324 e. The monoisotopic (exact) mass is 358 g/mol. The average molecular weight is 358 g/mol. The number of urea groups is 1. The van der Waals surface area contributed by atoms with Gasteiger partial charge in [0.1, 0.15) is 11.6 Å². The molecule has 2 unspecified atom stereocenters. The van der Waals surface area contributed by atoms with Crippen molar-refractivity contribution >= 4 is 23.4 Å². The van der Waals surface area contributed by atoms with Crippen LogP contribution in [0.25, 0.3) is 0 Å². The average Bonchev–Trinajstić information content (AvgIpc) is 2.94. The van der Waals surface area contributed by atoms with E-state index in [4.69, 9.17) is 4.74 Å². The minimum Gasteiger partial charge on any atom is -0.495 e. The van der Waals surface area contributed by atoms with Crippen LogP contribution in [0.1, 0.15) is 25.3 Å². The highest BCUT2D eigenvalue weighted by Gasteiger charge is 2.26. The van der Waals surface area contributed by atoms with Crippen LogP contribution in [-0.4, -0.2) is 34.9 Å². The van der Waals surface area contributed by atoms with E-state index in [0.29, 0.717) is 29.4 Å². The van der Waals surface area contributed by atoms with Gasteiger partial charge in [-0.2, -0.15) is 5.10 Å². The predicted octanol–water partition coefficient (Wildman–Crippen LogP) is 1.80. The largest absolute Gasteiger partial charge is 0.495 e. The highest BCUT2D eigenvalue weighted by molar-refractivity contribution is 6.00. The quantitative estimate of drug-likeness (QED) is 0.666. The Bertz CT molecular complexity index is 819. The lowest BCUT2D eigenvalue weighted by molar-refractivity contribution is -0.125. The summed E-state index contributed by atoms with van der Waals surface area (Å²) < 4.78 is 6.77. The molecule has 2 aromatic rings. The van der Waals surface area contributed by atoms with Crippen LogP contribution >= 0.6 is 0 Å². The van der Waals surface area contributed by atoms with Crippen molar-refractivity contribution in [3.63, 3.8) is 0 Å². The molecule has 0 bridgehead atoms. The standard InChI is InChI=1S/C17H22N6O3/c1-10-9-15(24)21-16(18-10)23-14(8-11(2)22-23)20-17(25)19-12-6-4-5-7-13(12)26-3/h4-8,10,16,18H,9H2,1-3H3,(H,21,24)(H2,19,20,25). The number of carbonyl (C=O) groups excluding carboxylic acids is 2. The number of methoxy groups -OCH3 is 1. The molecule has 26 heavy (non-hydrogen) atoms. The van der Waals surface area contributed by atoms with Crippen LogP contribution in [0.5, 0.6) is 5.75 Å². The van der Waals surface area contributed by atoms with E-state index in [1.54, 1.807) is 28.9 Å². The van der Waals surface area contributed by atoms with Gasteiger partial charge in [0.25, 0.3) is 0 Å². The van der Waals surface area contributed by atoms with Crippen molar-refractivity contribution in [2.75, 3.05) is 17.7 Å². The van der Waals surface area contributed by atoms with E-state index < -0.39 is 12.3 Å². The van der Waals surface area contributed by atoms with E-state index in [1.165, 1.54) is 7.11 Å². The van der Waals surface area contributed by atoms with Gasteiger partial charge in [0.2, 0.25) is 5.91 Å². The van der Waals surface area contributed by atoms with Gasteiger partial charge in [-0.05, 0) is 26.0 Å². The number of hydrogen-bond acceptors (Lipinski definition) is 5. The molecule has 1 saturated heterocycles. The van der Waals surface area contributed by atoms with Crippen LogP contribution in [0.4, 0.5) is 16.3 Å². The molecular weight excluding hydrogens is 336 g/mol. The maximum Gasteiger partial charge on any atom is 0.324 e. The zero-order valence-electron chi connectivity index (χ0n) is 14.9. The number of aryl methyl sites for hydroxylation is 1. The van der Waals surface area contributed by atoms with Gasteiger partial charge >= 0.3 is 6.03 Å². The molecule has 2 heterocycles. The summed E-state index contributed by atoms with van der Waals surface area (Å²) in [5.74, 6) is 0.947. The summed E-state index contributed by atoms with van der Waals surface area (Å²) in [5.41, 5.74) is 1.26. The molecule has 138 valence electrons. The second-order valence-electron chi connectivity index (χ2n) is 6.14. The van der Waals surface area contributed by atoms with Crippen LogP contribution in [0, 0.1) is 6.92 Å². The maximum atomic E-state index is 12.4. The van der Waals surface area contributed by atoms with Crippen molar-refractivity contribution < 1.29 is 14.3 Å². The summed E-state index contributed by atoms with van der Waals surface area (Å²) in [5, 5.41) is 15.9. The van der Waals surface area contributed by atoms with Crippen LogP contribution in [-0.2, 0) is 4.79 Å². The first-order chi connectivity index (χ1) is 12.5. The molecule has 1 aromatic carbocycles. The number of para-hydroxylation sites is 2. The molecule has 9 heteroatoms. The number of carbonyl (C=O) groups is 2. The van der Waals surface area contributed by atoms with E-state index in [-0.39, 0.29) is 11.9 Å². The lowest BCUT2D eigenvalue weighted by Gasteiger charge is -2.30. The van der Waals surface area contributed by atoms with Gasteiger partial charge in [-0.15, -0.1) is 0 Å². The molecular formula is C17H22N6O3. The molecule has 3 amide bonds. The lowest BCUT2D eigenvalue weighted by Crippen LogP contribution is -2.52. The maximum absolute atomic E-state index is 12.4. The second-order valence-corrected chi connectivity index (χ2v) is 6.14. The van der Waals surface area contributed by atoms with E-state index in [2.05, 4.69) is 26.4 Å². The van der Waals surface area contributed by atoms with Gasteiger partial charge in [0.05, 0.1) is 18.5 Å². The molecule has 0 spiro atoms. The molecule has 1 aromatic heterocycles. The number of rotatable bonds is 4. The van der Waals surface area contributed by atoms with Gasteiger partial charge in [-0.25, -0.2) is 9.48 Å². The zero-order chi connectivity index (χ0) is 18.7. The van der Waals surface area contributed by atoms with Crippen molar-refractivity contribution in [2.24, 2.45) is 0 Å². The Hall–Kier alpha value is -3.07. The summed E-state index contributed by atoms with van der Waals surface area (Å²) in [7, 11) is 1.54. The Balaban J connectivity index is 1.75. The van der Waals surface area contributed by atoms with E-state index in [9.17, 15) is 9.59 Å². The Kier molecular flexibility index (Phi) is 5.08. The number of aromatic nitrogens is 2. The fourth-order valence-corrected chi connectivity index (χ4v) is 2.82. The van der Waals surface area contributed by atoms with Gasteiger partial charge in [-0.1, -0.05) is 12.1 Å². The summed E-state index contributed by atoms with van der Waals surface area (Å²) in [6.45, 7) is 3.73. The van der Waals surface area contributed by atoms with Gasteiger partial charge in [0.15, 0.2) is 6.29 Å². The molecule has 0 saturated carbocycles. The third-order valence-electron chi connectivity index (χ3n) is 3.93. The van der Waals surface area contributed by atoms with Crippen molar-refractivity contribution in [1.82, 2.24) is 20.4 Å². The first-order valence-electron chi connectivity index (χ1n) is 8.29. The fraction of sp³-hybridized carbons (Fsp3) is 0.353. The SMILES string of the molecule is COc1ccccc1NC(=O)Nc1cc(C)nn1C1NC(=O)CC(C)N1. The zero-order valence-corrected chi connectivity index (χ0v) is 14.9. The third-order valence-corrected chi connectivity index (χ3v) is 3.93. The first kappa shape index (κ1) is 17.7. The highest BCUT2D eigenvalue weighted by atomic mass is 16.5. The minimum atomic E-state index is -0.526. The van der Waals surface area contributed by atoms with Gasteiger partial charge in [-0.3, -0.25) is 15.4 Å². The van der Waals surface area contributed by atoms with E-state index in [1.807, 2.05) is 19.9 Å². The molecule has 0 aliphatic carbocycles. The molecule has 1 aliphatic rings. The predicted molar refractivity (Wildman–Crippen MR) is 97.0 cm³/mol. The summed E-state index contributed by atoms with van der Waals surface area (Å²) in [6, 6.07) is 8.42. The molecule has 4 N–H and O–H groups in total. The first-order valence-corrected chi connectivity index (χ1v) is 8.29. The number of nitrogens with zero attached hydrogens (tertiary/aromatic N) is 2. The molecule has 1 aliphatic heterocycles. The Morgan fingerprint density at radius 2 is 2.12 bits per heavy atom. The van der Waals surface area contributed by atoms with E-state index in [0.717, 1.165) is 0 Å². The summed E-state index contributed by atoms with van der Waals surface area (Å²) >= 11 is 0. The second kappa shape index (κ2) is 7.44. The van der Waals surface area contributed by atoms with Crippen molar-refractivity contribution in [3.05, 3.63) is 36.0 Å². The molecule has 0 radical (unpaired) electrons. The van der Waals surface area contributed by atoms with Crippen LogP contribution in [0.2, 0.25) is 0 Å². The highest BCUT2D eigenvalue weighted by Crippen LogP contribution is 2.23. The van der Waals surface area contributed by atoms with Gasteiger partial charge < -0.3 is 15.4 Å². The molecule has 3 rings (SSSR count). The molecule has 1 fully saturated rings. The Labute approximate surface area is 151 Å². The number of amides is 3. The molecule has 9 nitrogen and oxygen atoms in total. The van der Waals surface area contributed by atoms with E-state index >= 15 is 0 Å². The number of hydrogen-bond donors (Lipinski definition) is 4. The minimum absolute atomic E-state index is 0.00788. The number of ether oxygens (including phenoxy) is 1. The normalized spacial score (nSPS) is 19.6. The fourth-order valence-electron chi connectivity index (χ4n) is 2.82. The molecule has 2 atom stereocenters. The Morgan fingerprint density at radius 1 is 1.35 bits per heavy atom. The van der Waals surface area contributed by atoms with Crippen molar-refractivity contribution in [2.45, 2.75) is 32.6 Å². The van der Waals surface area contributed by atoms with Crippen LogP contribution < -0.4 is 26.0 Å². The Morgan fingerprint density at radius 3 is 2.85 bits per heavy atom. The van der Waals surface area contributed by atoms with Crippen LogP contribution in [0.15, 0.2) is 30.3 Å². The van der Waals surface area contributed by atoms with Gasteiger partial charge in [0, 0.05) is 18.5 Å². The number of nitrogens with one attached hydrogen (secondary N) is 4. The van der Waals surface area contributed by atoms with Crippen molar-refractivity contribution in [3.8, 4) is 5.75 Å². The van der Waals surface area contributed by atoms with Crippen LogP contribution in [0.3, 0.4) is 0 Å². The topological polar surface area (TPSA) is 109 Å². The number of benzene rings is 1. The third kappa shape index (κ3) is 3.94.